The lowest BCUT2D eigenvalue weighted by atomic mass is 10.2. The first-order chi connectivity index (χ1) is 9.95. The predicted octanol–water partition coefficient (Wildman–Crippen LogP) is 2.75. The zero-order valence-corrected chi connectivity index (χ0v) is 11.2. The Hall–Kier alpha value is -2.07. The van der Waals surface area contributed by atoms with Gasteiger partial charge in [-0.3, -0.25) is 0 Å². The van der Waals surface area contributed by atoms with Gasteiger partial charge in [0, 0.05) is 13.1 Å². The smallest absolute Gasteiger partial charge is 0.372 e. The van der Waals surface area contributed by atoms with Crippen LogP contribution in [0, 0.1) is 11.3 Å². The monoisotopic (exact) mass is 297 g/mol. The van der Waals surface area contributed by atoms with Gasteiger partial charge >= 0.3 is 6.18 Å². The molecule has 0 amide bonds. The van der Waals surface area contributed by atoms with Crippen LogP contribution in [-0.2, 0) is 10.9 Å². The molecule has 0 spiro atoms. The summed E-state index contributed by atoms with van der Waals surface area (Å²) in [6.45, 7) is 4.85. The molecule has 112 valence electrons. The number of nitrogens with zero attached hydrogens (tertiary/aromatic N) is 3. The Morgan fingerprint density at radius 1 is 1.52 bits per heavy atom. The van der Waals surface area contributed by atoms with Gasteiger partial charge in [0.2, 0.25) is 0 Å². The van der Waals surface area contributed by atoms with Crippen molar-refractivity contribution in [2.75, 3.05) is 24.6 Å². The van der Waals surface area contributed by atoms with Crippen molar-refractivity contribution in [3.05, 3.63) is 36.0 Å². The maximum absolute atomic E-state index is 12.7. The maximum atomic E-state index is 12.7. The summed E-state index contributed by atoms with van der Waals surface area (Å²) in [5.74, 6) is 0.0667. The summed E-state index contributed by atoms with van der Waals surface area (Å²) in [6.07, 6.45) is -2.32. The van der Waals surface area contributed by atoms with Gasteiger partial charge in [-0.25, -0.2) is 4.98 Å². The molecule has 0 radical (unpaired) electrons. The van der Waals surface area contributed by atoms with Crippen molar-refractivity contribution in [1.29, 1.82) is 5.26 Å². The summed E-state index contributed by atoms with van der Waals surface area (Å²) >= 11 is 0. The van der Waals surface area contributed by atoms with Crippen LogP contribution < -0.4 is 4.90 Å². The van der Waals surface area contributed by atoms with Gasteiger partial charge in [-0.2, -0.15) is 18.4 Å². The number of halogens is 3. The largest absolute Gasteiger partial charge is 0.433 e. The normalized spacial score (nSPS) is 18.6. The molecule has 0 aliphatic carbocycles. The van der Waals surface area contributed by atoms with Gasteiger partial charge in [-0.15, -0.1) is 6.58 Å². The van der Waals surface area contributed by atoms with Gasteiger partial charge in [0.1, 0.15) is 17.6 Å². The molecule has 4 nitrogen and oxygen atoms in total. The average Bonchev–Trinajstić information content (AvgIpc) is 2.92. The molecule has 2 rings (SSSR count). The quantitative estimate of drug-likeness (QED) is 0.802. The number of anilines is 1. The summed E-state index contributed by atoms with van der Waals surface area (Å²) in [4.78, 5) is 5.27. The standard InChI is InChI=1S/C14H14F3N3O/c1-2-7-21-11-5-6-20(9-11)13-10(8-18)3-4-12(19-13)14(15,16)17/h2-4,11H,1,5-7,9H2. The second-order valence-corrected chi connectivity index (χ2v) is 4.66. The van der Waals surface area contributed by atoms with Crippen molar-refractivity contribution < 1.29 is 17.9 Å². The van der Waals surface area contributed by atoms with Gasteiger partial charge in [0.05, 0.1) is 18.3 Å². The molecule has 1 fully saturated rings. The predicted molar refractivity (Wildman–Crippen MR) is 70.7 cm³/mol. The number of rotatable bonds is 4. The van der Waals surface area contributed by atoms with E-state index >= 15 is 0 Å². The first kappa shape index (κ1) is 15.3. The topological polar surface area (TPSA) is 49.1 Å². The summed E-state index contributed by atoms with van der Waals surface area (Å²) in [5, 5.41) is 9.04. The van der Waals surface area contributed by atoms with E-state index in [4.69, 9.17) is 10.00 Å². The number of alkyl halides is 3. The molecule has 7 heteroatoms. The average molecular weight is 297 g/mol. The minimum absolute atomic E-state index is 0.0667. The molecule has 1 aromatic heterocycles. The Bertz CT molecular complexity index is 566. The summed E-state index contributed by atoms with van der Waals surface area (Å²) < 4.78 is 43.7. The second kappa shape index (κ2) is 6.14. The van der Waals surface area contributed by atoms with Gasteiger partial charge in [0.25, 0.3) is 0 Å². The first-order valence-corrected chi connectivity index (χ1v) is 6.41. The van der Waals surface area contributed by atoms with E-state index in [0.29, 0.717) is 26.1 Å². The van der Waals surface area contributed by atoms with Crippen molar-refractivity contribution in [3.8, 4) is 6.07 Å². The zero-order valence-electron chi connectivity index (χ0n) is 11.2. The highest BCUT2D eigenvalue weighted by atomic mass is 19.4. The molecule has 1 unspecified atom stereocenters. The van der Waals surface area contributed by atoms with E-state index in [1.165, 1.54) is 0 Å². The lowest BCUT2D eigenvalue weighted by molar-refractivity contribution is -0.141. The van der Waals surface area contributed by atoms with Crippen LogP contribution in [-0.4, -0.2) is 30.8 Å². The number of pyridine rings is 1. The fourth-order valence-corrected chi connectivity index (χ4v) is 2.20. The SMILES string of the molecule is C=CCOC1CCN(c2nc(C(F)(F)F)ccc2C#N)C1. The van der Waals surface area contributed by atoms with Crippen molar-refractivity contribution in [2.24, 2.45) is 0 Å². The van der Waals surface area contributed by atoms with Gasteiger partial charge < -0.3 is 9.64 Å². The van der Waals surface area contributed by atoms with E-state index in [2.05, 4.69) is 11.6 Å². The van der Waals surface area contributed by atoms with Crippen LogP contribution in [0.2, 0.25) is 0 Å². The zero-order chi connectivity index (χ0) is 15.5. The molecule has 0 aromatic carbocycles. The van der Waals surface area contributed by atoms with Crippen LogP contribution in [0.4, 0.5) is 19.0 Å². The van der Waals surface area contributed by atoms with E-state index in [9.17, 15) is 13.2 Å². The van der Waals surface area contributed by atoms with Crippen LogP contribution in [0.3, 0.4) is 0 Å². The van der Waals surface area contributed by atoms with E-state index in [-0.39, 0.29) is 17.5 Å². The highest BCUT2D eigenvalue weighted by Gasteiger charge is 2.34. The molecule has 1 saturated heterocycles. The van der Waals surface area contributed by atoms with E-state index in [1.54, 1.807) is 11.0 Å². The molecule has 1 aromatic rings. The van der Waals surface area contributed by atoms with Crippen LogP contribution in [0.5, 0.6) is 0 Å². The van der Waals surface area contributed by atoms with E-state index in [0.717, 1.165) is 12.1 Å². The third-order valence-corrected chi connectivity index (χ3v) is 3.18. The molecule has 1 atom stereocenters. The van der Waals surface area contributed by atoms with Gasteiger partial charge in [-0.1, -0.05) is 6.08 Å². The van der Waals surface area contributed by atoms with Gasteiger partial charge in [0.15, 0.2) is 0 Å². The third kappa shape index (κ3) is 3.52. The first-order valence-electron chi connectivity index (χ1n) is 6.41. The maximum Gasteiger partial charge on any atom is 0.433 e. The second-order valence-electron chi connectivity index (χ2n) is 4.66. The summed E-state index contributed by atoms with van der Waals surface area (Å²) in [5.41, 5.74) is -0.862. The van der Waals surface area contributed by atoms with Crippen LogP contribution in [0.25, 0.3) is 0 Å². The van der Waals surface area contributed by atoms with Crippen molar-refractivity contribution in [1.82, 2.24) is 4.98 Å². The molecule has 1 aliphatic rings. The lowest BCUT2D eigenvalue weighted by Crippen LogP contribution is -2.25. The fraction of sp³-hybridized carbons (Fsp3) is 0.429. The number of ether oxygens (including phenoxy) is 1. The van der Waals surface area contributed by atoms with E-state index < -0.39 is 11.9 Å². The highest BCUT2D eigenvalue weighted by molar-refractivity contribution is 5.55. The molecule has 2 heterocycles. The third-order valence-electron chi connectivity index (χ3n) is 3.18. The number of aromatic nitrogens is 1. The fourth-order valence-electron chi connectivity index (χ4n) is 2.20. The molecule has 0 N–H and O–H groups in total. The summed E-state index contributed by atoms with van der Waals surface area (Å²) in [6, 6.07) is 3.86. The summed E-state index contributed by atoms with van der Waals surface area (Å²) in [7, 11) is 0. The Balaban J connectivity index is 2.23. The Labute approximate surface area is 120 Å². The molecular formula is C14H14F3N3O. The molecule has 0 saturated carbocycles. The lowest BCUT2D eigenvalue weighted by Gasteiger charge is -2.20. The Kier molecular flexibility index (Phi) is 4.48. The van der Waals surface area contributed by atoms with Crippen molar-refractivity contribution in [3.63, 3.8) is 0 Å². The number of nitriles is 1. The molecule has 21 heavy (non-hydrogen) atoms. The molecular weight excluding hydrogens is 283 g/mol. The van der Waals surface area contributed by atoms with E-state index in [1.807, 2.05) is 6.07 Å². The highest BCUT2D eigenvalue weighted by Crippen LogP contribution is 2.31. The van der Waals surface area contributed by atoms with Crippen molar-refractivity contribution in [2.45, 2.75) is 18.7 Å². The Morgan fingerprint density at radius 2 is 2.29 bits per heavy atom. The van der Waals surface area contributed by atoms with Crippen LogP contribution in [0.15, 0.2) is 24.8 Å². The minimum Gasteiger partial charge on any atom is -0.372 e. The van der Waals surface area contributed by atoms with Crippen LogP contribution >= 0.6 is 0 Å². The van der Waals surface area contributed by atoms with Gasteiger partial charge in [-0.05, 0) is 18.6 Å². The van der Waals surface area contributed by atoms with Crippen molar-refractivity contribution >= 4 is 5.82 Å². The molecule has 1 aliphatic heterocycles. The van der Waals surface area contributed by atoms with Crippen LogP contribution in [0.1, 0.15) is 17.7 Å². The Morgan fingerprint density at radius 3 is 2.90 bits per heavy atom. The molecule has 0 bridgehead atoms. The minimum atomic E-state index is -4.53. The number of hydrogen-bond acceptors (Lipinski definition) is 4. The number of hydrogen-bond donors (Lipinski definition) is 0.